The molecule has 1 unspecified atom stereocenters. The molecule has 0 aliphatic carbocycles. The summed E-state index contributed by atoms with van der Waals surface area (Å²) in [7, 11) is 1.28. The fraction of sp³-hybridized carbons (Fsp3) is 0.192. The number of aromatic nitrogens is 1. The van der Waals surface area contributed by atoms with Crippen LogP contribution < -0.4 is 4.90 Å². The van der Waals surface area contributed by atoms with Gasteiger partial charge in [-0.05, 0) is 52.1 Å². The van der Waals surface area contributed by atoms with E-state index in [-0.39, 0.29) is 34.3 Å². The first kappa shape index (κ1) is 24.0. The SMILES string of the molecule is C=CC(=O)N1CCN(c2snc3c(F)c(-c4cc(O)cc5ccccc45)c(Cl)cc23)C(C(=O)OC)C1. The Morgan fingerprint density at radius 2 is 2.03 bits per heavy atom. The van der Waals surface area contributed by atoms with Crippen LogP contribution in [0.4, 0.5) is 9.39 Å². The lowest BCUT2D eigenvalue weighted by Gasteiger charge is -2.40. The average molecular weight is 526 g/mol. The van der Waals surface area contributed by atoms with Crippen molar-refractivity contribution in [2.24, 2.45) is 0 Å². The van der Waals surface area contributed by atoms with Crippen molar-refractivity contribution < 1.29 is 23.8 Å². The predicted octanol–water partition coefficient (Wildman–Crippen LogP) is 4.99. The molecule has 1 aliphatic heterocycles. The number of benzene rings is 3. The van der Waals surface area contributed by atoms with Crippen molar-refractivity contribution in [2.75, 3.05) is 31.6 Å². The number of rotatable bonds is 4. The molecule has 1 fully saturated rings. The number of carbonyl (C=O) groups excluding carboxylic acids is 2. The normalized spacial score (nSPS) is 15.9. The molecule has 0 saturated carbocycles. The largest absolute Gasteiger partial charge is 0.508 e. The van der Waals surface area contributed by atoms with Crippen molar-refractivity contribution in [1.82, 2.24) is 9.27 Å². The minimum Gasteiger partial charge on any atom is -0.508 e. The number of hydrogen-bond acceptors (Lipinski definition) is 7. The van der Waals surface area contributed by atoms with Crippen molar-refractivity contribution in [3.63, 3.8) is 0 Å². The van der Waals surface area contributed by atoms with Gasteiger partial charge < -0.3 is 19.6 Å². The summed E-state index contributed by atoms with van der Waals surface area (Å²) < 4.78 is 25.3. The molecule has 1 aromatic heterocycles. The summed E-state index contributed by atoms with van der Waals surface area (Å²) >= 11 is 7.70. The Bertz CT molecular complexity index is 1540. The minimum absolute atomic E-state index is 0.00825. The second-order valence-corrected chi connectivity index (χ2v) is 9.53. The number of anilines is 1. The van der Waals surface area contributed by atoms with E-state index in [9.17, 15) is 14.7 Å². The van der Waals surface area contributed by atoms with Crippen LogP contribution in [0, 0.1) is 5.82 Å². The molecular formula is C26H21ClFN3O4S. The van der Waals surface area contributed by atoms with Gasteiger partial charge in [0.05, 0.1) is 18.7 Å². The van der Waals surface area contributed by atoms with Crippen molar-refractivity contribution in [3.8, 4) is 16.9 Å². The summed E-state index contributed by atoms with van der Waals surface area (Å²) in [5.74, 6) is -1.43. The lowest BCUT2D eigenvalue weighted by molar-refractivity contribution is -0.144. The second kappa shape index (κ2) is 9.40. The number of amides is 1. The maximum Gasteiger partial charge on any atom is 0.330 e. The minimum atomic E-state index is -0.798. The average Bonchev–Trinajstić information content (AvgIpc) is 3.31. The first-order chi connectivity index (χ1) is 17.3. The molecule has 36 heavy (non-hydrogen) atoms. The second-order valence-electron chi connectivity index (χ2n) is 8.37. The molecular weight excluding hydrogens is 505 g/mol. The van der Waals surface area contributed by atoms with Crippen LogP contribution in [0.2, 0.25) is 5.02 Å². The van der Waals surface area contributed by atoms with Crippen LogP contribution >= 0.6 is 23.1 Å². The van der Waals surface area contributed by atoms with Crippen molar-refractivity contribution in [3.05, 3.63) is 66.0 Å². The van der Waals surface area contributed by atoms with Gasteiger partial charge in [-0.2, -0.15) is 4.37 Å². The monoisotopic (exact) mass is 525 g/mol. The molecule has 3 aromatic carbocycles. The number of aromatic hydroxyl groups is 1. The maximum absolute atomic E-state index is 16.0. The summed E-state index contributed by atoms with van der Waals surface area (Å²) in [5, 5.41) is 12.9. The van der Waals surface area contributed by atoms with Gasteiger partial charge in [0.15, 0.2) is 5.82 Å². The van der Waals surface area contributed by atoms with Crippen LogP contribution in [0.5, 0.6) is 5.75 Å². The van der Waals surface area contributed by atoms with E-state index in [0.717, 1.165) is 22.3 Å². The number of phenolic OH excluding ortho intramolecular Hbond substituents is 1. The smallest absolute Gasteiger partial charge is 0.330 e. The molecule has 0 bridgehead atoms. The van der Waals surface area contributed by atoms with Crippen LogP contribution in [-0.2, 0) is 14.3 Å². The summed E-state index contributed by atoms with van der Waals surface area (Å²) in [4.78, 5) is 28.1. The van der Waals surface area contributed by atoms with Gasteiger partial charge in [0.1, 0.15) is 22.3 Å². The number of halogens is 2. The molecule has 1 atom stereocenters. The Morgan fingerprint density at radius 1 is 1.25 bits per heavy atom. The zero-order valence-corrected chi connectivity index (χ0v) is 20.8. The molecule has 1 N–H and O–H groups in total. The summed E-state index contributed by atoms with van der Waals surface area (Å²) in [6.07, 6.45) is 1.20. The van der Waals surface area contributed by atoms with Gasteiger partial charge in [-0.25, -0.2) is 9.18 Å². The highest BCUT2D eigenvalue weighted by Crippen LogP contribution is 2.44. The Kier molecular flexibility index (Phi) is 6.27. The molecule has 184 valence electrons. The van der Waals surface area contributed by atoms with Gasteiger partial charge in [0, 0.05) is 24.0 Å². The number of piperazine rings is 1. The van der Waals surface area contributed by atoms with E-state index in [1.807, 2.05) is 24.3 Å². The third-order valence-corrected chi connectivity index (χ3v) is 7.56. The Balaban J connectivity index is 1.63. The zero-order valence-electron chi connectivity index (χ0n) is 19.2. The van der Waals surface area contributed by atoms with Crippen molar-refractivity contribution >= 4 is 61.7 Å². The first-order valence-electron chi connectivity index (χ1n) is 11.1. The van der Waals surface area contributed by atoms with E-state index in [4.69, 9.17) is 16.3 Å². The van der Waals surface area contributed by atoms with Crippen LogP contribution in [-0.4, -0.2) is 59.0 Å². The standard InChI is InChI=1S/C26H21ClFN3O4S/c1-3-21(33)30-8-9-31(20(13-30)26(34)35-2)25-18-12-19(27)22(23(28)24(18)29-36-25)17-11-15(32)10-14-6-4-5-7-16(14)17/h3-7,10-12,20,32H,1,8-9,13H2,2H3. The number of fused-ring (bicyclic) bond motifs is 2. The fourth-order valence-corrected chi connectivity index (χ4v) is 5.88. The van der Waals surface area contributed by atoms with E-state index >= 15 is 4.39 Å². The zero-order chi connectivity index (χ0) is 25.6. The number of phenols is 1. The molecule has 2 heterocycles. The number of esters is 1. The van der Waals surface area contributed by atoms with Gasteiger partial charge in [-0.1, -0.05) is 42.4 Å². The van der Waals surface area contributed by atoms with E-state index in [1.165, 1.54) is 24.2 Å². The maximum atomic E-state index is 16.0. The molecule has 7 nitrogen and oxygen atoms in total. The highest BCUT2D eigenvalue weighted by molar-refractivity contribution is 7.11. The molecule has 1 aliphatic rings. The quantitative estimate of drug-likeness (QED) is 0.298. The van der Waals surface area contributed by atoms with E-state index in [1.54, 1.807) is 17.0 Å². The van der Waals surface area contributed by atoms with E-state index in [0.29, 0.717) is 29.0 Å². The van der Waals surface area contributed by atoms with Crippen LogP contribution in [0.1, 0.15) is 0 Å². The fourth-order valence-electron chi connectivity index (χ4n) is 4.65. The number of ether oxygens (including phenoxy) is 1. The number of nitrogens with zero attached hydrogens (tertiary/aromatic N) is 3. The van der Waals surface area contributed by atoms with Crippen LogP contribution in [0.25, 0.3) is 32.8 Å². The van der Waals surface area contributed by atoms with Gasteiger partial charge in [0.25, 0.3) is 0 Å². The lowest BCUT2D eigenvalue weighted by Crippen LogP contribution is -2.58. The molecule has 0 spiro atoms. The molecule has 0 radical (unpaired) electrons. The van der Waals surface area contributed by atoms with Crippen molar-refractivity contribution in [1.29, 1.82) is 0 Å². The third-order valence-electron chi connectivity index (χ3n) is 6.36. The summed E-state index contributed by atoms with van der Waals surface area (Å²) in [5.41, 5.74) is 0.697. The summed E-state index contributed by atoms with van der Waals surface area (Å²) in [6.45, 7) is 4.27. The summed E-state index contributed by atoms with van der Waals surface area (Å²) in [6, 6.07) is 11.2. The first-order valence-corrected chi connectivity index (χ1v) is 12.2. The van der Waals surface area contributed by atoms with Gasteiger partial charge in [0.2, 0.25) is 5.91 Å². The van der Waals surface area contributed by atoms with Crippen LogP contribution in [0.15, 0.2) is 55.1 Å². The van der Waals surface area contributed by atoms with E-state index in [2.05, 4.69) is 11.0 Å². The topological polar surface area (TPSA) is 83.0 Å². The van der Waals surface area contributed by atoms with Crippen LogP contribution in [0.3, 0.4) is 0 Å². The molecule has 10 heteroatoms. The molecule has 1 saturated heterocycles. The van der Waals surface area contributed by atoms with Gasteiger partial charge in [-0.15, -0.1) is 0 Å². The number of carbonyl (C=O) groups is 2. The highest BCUT2D eigenvalue weighted by Gasteiger charge is 2.37. The Hall–Kier alpha value is -3.69. The molecule has 5 rings (SSSR count). The Morgan fingerprint density at radius 3 is 2.78 bits per heavy atom. The van der Waals surface area contributed by atoms with Gasteiger partial charge in [-0.3, -0.25) is 4.79 Å². The van der Waals surface area contributed by atoms with Crippen molar-refractivity contribution in [2.45, 2.75) is 6.04 Å². The third kappa shape index (κ3) is 3.94. The number of methoxy groups -OCH3 is 1. The van der Waals surface area contributed by atoms with Gasteiger partial charge >= 0.3 is 5.97 Å². The Labute approximate surface area is 215 Å². The molecule has 4 aromatic rings. The molecule has 1 amide bonds. The highest BCUT2D eigenvalue weighted by atomic mass is 35.5. The lowest BCUT2D eigenvalue weighted by atomic mass is 9.96. The predicted molar refractivity (Wildman–Crippen MR) is 139 cm³/mol. The number of hydrogen-bond donors (Lipinski definition) is 1. The van der Waals surface area contributed by atoms with E-state index < -0.39 is 17.8 Å².